The van der Waals surface area contributed by atoms with Crippen molar-refractivity contribution in [3.63, 3.8) is 0 Å². The minimum absolute atomic E-state index is 0.732. The van der Waals surface area contributed by atoms with Gasteiger partial charge in [-0.2, -0.15) is 0 Å². The second kappa shape index (κ2) is 5.48. The van der Waals surface area contributed by atoms with E-state index in [1.165, 1.54) is 11.1 Å². The van der Waals surface area contributed by atoms with E-state index in [2.05, 4.69) is 53.0 Å². The third-order valence-corrected chi connectivity index (χ3v) is 4.21. The molecule has 0 aliphatic heterocycles. The van der Waals surface area contributed by atoms with Gasteiger partial charge in [-0.15, -0.1) is 0 Å². The number of nitrogens with one attached hydrogen (secondary N) is 2. The Kier molecular flexibility index (Phi) is 3.54. The molecule has 20 heavy (non-hydrogen) atoms. The highest BCUT2D eigenvalue weighted by atomic mass is 32.1. The molecule has 0 spiro atoms. The molecule has 102 valence electrons. The summed E-state index contributed by atoms with van der Waals surface area (Å²) < 4.78 is 1.12. The normalized spacial score (nSPS) is 10.7. The first-order chi connectivity index (χ1) is 9.76. The summed E-state index contributed by atoms with van der Waals surface area (Å²) in [5, 5.41) is 4.18. The molecule has 0 radical (unpaired) electrons. The topological polar surface area (TPSA) is 63.0 Å². The molecule has 0 saturated carbocycles. The van der Waals surface area contributed by atoms with Gasteiger partial charge >= 0.3 is 0 Å². The van der Waals surface area contributed by atoms with Crippen LogP contribution in [0.3, 0.4) is 0 Å². The van der Waals surface area contributed by atoms with Gasteiger partial charge in [-0.25, -0.2) is 10.8 Å². The summed E-state index contributed by atoms with van der Waals surface area (Å²) in [5.41, 5.74) is 7.25. The number of thiazole rings is 1. The molecule has 0 aliphatic rings. The van der Waals surface area contributed by atoms with Crippen molar-refractivity contribution in [2.24, 2.45) is 5.84 Å². The van der Waals surface area contributed by atoms with E-state index < -0.39 is 0 Å². The standard InChI is InChI=1S/C15H16N4S/c1-10-4-2-3-5-11(10)9-17-12-6-7-13-14(8-12)20-15(18-13)19-16/h2-8,17H,9,16H2,1H3,(H,18,19). The van der Waals surface area contributed by atoms with Crippen molar-refractivity contribution in [1.29, 1.82) is 0 Å². The lowest BCUT2D eigenvalue weighted by atomic mass is 10.1. The van der Waals surface area contributed by atoms with E-state index in [4.69, 9.17) is 5.84 Å². The van der Waals surface area contributed by atoms with Gasteiger partial charge in [0.2, 0.25) is 0 Å². The van der Waals surface area contributed by atoms with E-state index in [-0.39, 0.29) is 0 Å². The predicted octanol–water partition coefficient (Wildman–Crippen LogP) is 3.50. The van der Waals surface area contributed by atoms with E-state index in [0.717, 1.165) is 27.6 Å². The van der Waals surface area contributed by atoms with E-state index >= 15 is 0 Å². The molecule has 0 aliphatic carbocycles. The third kappa shape index (κ3) is 2.59. The number of aromatic nitrogens is 1. The number of anilines is 2. The Morgan fingerprint density at radius 3 is 2.85 bits per heavy atom. The van der Waals surface area contributed by atoms with Gasteiger partial charge in [0.1, 0.15) is 0 Å². The van der Waals surface area contributed by atoms with Crippen LogP contribution in [0.4, 0.5) is 10.8 Å². The summed E-state index contributed by atoms with van der Waals surface area (Å²) in [7, 11) is 0. The third-order valence-electron chi connectivity index (χ3n) is 3.26. The highest BCUT2D eigenvalue weighted by Crippen LogP contribution is 2.28. The second-order valence-electron chi connectivity index (χ2n) is 4.63. The summed E-state index contributed by atoms with van der Waals surface area (Å²) in [6.07, 6.45) is 0. The number of nitrogens with two attached hydrogens (primary N) is 1. The van der Waals surface area contributed by atoms with E-state index in [0.29, 0.717) is 0 Å². The molecule has 3 rings (SSSR count). The van der Waals surface area contributed by atoms with E-state index in [1.54, 1.807) is 11.3 Å². The molecule has 0 saturated heterocycles. The lowest BCUT2D eigenvalue weighted by molar-refractivity contribution is 1.12. The van der Waals surface area contributed by atoms with Crippen LogP contribution in [0.2, 0.25) is 0 Å². The lowest BCUT2D eigenvalue weighted by Crippen LogP contribution is -2.05. The Morgan fingerprint density at radius 1 is 1.20 bits per heavy atom. The SMILES string of the molecule is Cc1ccccc1CNc1ccc2nc(NN)sc2c1. The van der Waals surface area contributed by atoms with Crippen LogP contribution in [-0.4, -0.2) is 4.98 Å². The highest BCUT2D eigenvalue weighted by molar-refractivity contribution is 7.22. The van der Waals surface area contributed by atoms with Gasteiger partial charge < -0.3 is 5.32 Å². The summed E-state index contributed by atoms with van der Waals surface area (Å²) in [4.78, 5) is 4.36. The van der Waals surface area contributed by atoms with Crippen LogP contribution < -0.4 is 16.6 Å². The number of rotatable bonds is 4. The van der Waals surface area contributed by atoms with E-state index in [9.17, 15) is 0 Å². The maximum Gasteiger partial charge on any atom is 0.198 e. The summed E-state index contributed by atoms with van der Waals surface area (Å²) in [6.45, 7) is 2.95. The fraction of sp³-hybridized carbons (Fsp3) is 0.133. The van der Waals surface area contributed by atoms with Crippen LogP contribution >= 0.6 is 11.3 Å². The van der Waals surface area contributed by atoms with Crippen LogP contribution in [-0.2, 0) is 6.54 Å². The largest absolute Gasteiger partial charge is 0.381 e. The summed E-state index contributed by atoms with van der Waals surface area (Å²) in [5.74, 6) is 5.39. The Bertz CT molecular complexity index is 736. The molecule has 1 aromatic heterocycles. The zero-order valence-corrected chi connectivity index (χ0v) is 12.0. The molecule has 5 heteroatoms. The van der Waals surface area contributed by atoms with Gasteiger partial charge in [0.15, 0.2) is 5.13 Å². The van der Waals surface area contributed by atoms with Crippen molar-refractivity contribution in [1.82, 2.24) is 4.98 Å². The number of nitrogen functional groups attached to an aromatic ring is 1. The fourth-order valence-electron chi connectivity index (χ4n) is 2.10. The molecule has 0 bridgehead atoms. The summed E-state index contributed by atoms with van der Waals surface area (Å²) in [6, 6.07) is 14.5. The number of hydrogen-bond donors (Lipinski definition) is 3. The molecular formula is C15H16N4S. The Balaban J connectivity index is 1.79. The smallest absolute Gasteiger partial charge is 0.198 e. The molecule has 0 amide bonds. The van der Waals surface area contributed by atoms with Crippen molar-refractivity contribution >= 4 is 32.4 Å². The number of nitrogens with zero attached hydrogens (tertiary/aromatic N) is 1. The minimum atomic E-state index is 0.732. The van der Waals surface area contributed by atoms with Crippen molar-refractivity contribution < 1.29 is 0 Å². The highest BCUT2D eigenvalue weighted by Gasteiger charge is 2.04. The second-order valence-corrected chi connectivity index (χ2v) is 5.66. The van der Waals surface area contributed by atoms with Crippen LogP contribution in [0.25, 0.3) is 10.2 Å². The molecule has 3 aromatic rings. The van der Waals surface area contributed by atoms with Crippen LogP contribution in [0.1, 0.15) is 11.1 Å². The van der Waals surface area contributed by atoms with Crippen molar-refractivity contribution in [3.05, 3.63) is 53.6 Å². The number of aryl methyl sites for hydroxylation is 1. The summed E-state index contributed by atoms with van der Waals surface area (Å²) >= 11 is 1.55. The Labute approximate surface area is 121 Å². The van der Waals surface area contributed by atoms with Crippen LogP contribution in [0.5, 0.6) is 0 Å². The zero-order valence-electron chi connectivity index (χ0n) is 11.2. The number of hydrazine groups is 1. The zero-order chi connectivity index (χ0) is 13.9. The molecule has 2 aromatic carbocycles. The predicted molar refractivity (Wildman–Crippen MR) is 85.9 cm³/mol. The van der Waals surface area contributed by atoms with Crippen LogP contribution in [0.15, 0.2) is 42.5 Å². The molecule has 1 heterocycles. The van der Waals surface area contributed by atoms with Crippen molar-refractivity contribution in [3.8, 4) is 0 Å². The first kappa shape index (κ1) is 12.9. The maximum absolute atomic E-state index is 5.39. The molecular weight excluding hydrogens is 268 g/mol. The molecule has 0 fully saturated rings. The Morgan fingerprint density at radius 2 is 2.05 bits per heavy atom. The van der Waals surface area contributed by atoms with Crippen molar-refractivity contribution in [2.45, 2.75) is 13.5 Å². The van der Waals surface area contributed by atoms with E-state index in [1.807, 2.05) is 12.1 Å². The lowest BCUT2D eigenvalue weighted by Gasteiger charge is -2.08. The number of fused-ring (bicyclic) bond motifs is 1. The minimum Gasteiger partial charge on any atom is -0.381 e. The monoisotopic (exact) mass is 284 g/mol. The Hall–Kier alpha value is -2.11. The first-order valence-electron chi connectivity index (χ1n) is 6.42. The molecule has 4 nitrogen and oxygen atoms in total. The first-order valence-corrected chi connectivity index (χ1v) is 7.23. The van der Waals surface area contributed by atoms with Crippen LogP contribution in [0, 0.1) is 6.92 Å². The average Bonchev–Trinajstić information content (AvgIpc) is 2.88. The van der Waals surface area contributed by atoms with Crippen molar-refractivity contribution in [2.75, 3.05) is 10.7 Å². The average molecular weight is 284 g/mol. The van der Waals surface area contributed by atoms with Gasteiger partial charge in [0.05, 0.1) is 10.2 Å². The molecule has 4 N–H and O–H groups in total. The number of hydrogen-bond acceptors (Lipinski definition) is 5. The van der Waals surface area contributed by atoms with Gasteiger partial charge in [-0.1, -0.05) is 35.6 Å². The van der Waals surface area contributed by atoms with Gasteiger partial charge in [-0.05, 0) is 36.2 Å². The molecule has 0 atom stereocenters. The fourth-order valence-corrected chi connectivity index (χ4v) is 2.92. The maximum atomic E-state index is 5.39. The van der Waals surface area contributed by atoms with Gasteiger partial charge in [0, 0.05) is 12.2 Å². The molecule has 0 unspecified atom stereocenters. The number of benzene rings is 2. The van der Waals surface area contributed by atoms with Gasteiger partial charge in [0.25, 0.3) is 0 Å². The van der Waals surface area contributed by atoms with Gasteiger partial charge in [-0.3, -0.25) is 5.43 Å². The quantitative estimate of drug-likeness (QED) is 0.507.